The minimum absolute atomic E-state index is 0.642. The third-order valence-corrected chi connectivity index (χ3v) is 3.14. The number of hydrogen-bond donors (Lipinski definition) is 1. The molecule has 15 heavy (non-hydrogen) atoms. The van der Waals surface area contributed by atoms with E-state index in [0.29, 0.717) is 6.04 Å². The molecule has 88 valence electrons. The van der Waals surface area contributed by atoms with Crippen LogP contribution in [0.15, 0.2) is 0 Å². The maximum Gasteiger partial charge on any atom is 0.209 e. The molecule has 0 bridgehead atoms. The Morgan fingerprint density at radius 1 is 1.27 bits per heavy atom. The minimum Gasteiger partial charge on any atom is -0.345 e. The predicted molar refractivity (Wildman–Crippen MR) is 62.8 cm³/mol. The van der Waals surface area contributed by atoms with Crippen LogP contribution in [0.1, 0.15) is 45.4 Å². The second-order valence-electron chi connectivity index (χ2n) is 4.43. The molecular weight excluding hydrogens is 188 g/mol. The van der Waals surface area contributed by atoms with E-state index in [0.717, 1.165) is 38.9 Å². The smallest absolute Gasteiger partial charge is 0.209 e. The molecule has 1 fully saturated rings. The molecule has 0 atom stereocenters. The van der Waals surface area contributed by atoms with Crippen LogP contribution >= 0.6 is 0 Å². The lowest BCUT2D eigenvalue weighted by Crippen LogP contribution is -2.42. The van der Waals surface area contributed by atoms with Crippen LogP contribution in [-0.4, -0.2) is 37.0 Å². The topological polar surface area (TPSA) is 32.3 Å². The van der Waals surface area contributed by atoms with E-state index in [1.54, 1.807) is 0 Å². The van der Waals surface area contributed by atoms with E-state index in [-0.39, 0.29) is 0 Å². The van der Waals surface area contributed by atoms with Gasteiger partial charge in [0.05, 0.1) is 0 Å². The third kappa shape index (κ3) is 5.17. The van der Waals surface area contributed by atoms with Crippen molar-refractivity contribution in [1.29, 1.82) is 0 Å². The summed E-state index contributed by atoms with van der Waals surface area (Å²) in [6.45, 7) is 5.24. The fraction of sp³-hybridized carbons (Fsp3) is 0.917. The number of piperidine rings is 1. The molecule has 1 amide bonds. The van der Waals surface area contributed by atoms with Gasteiger partial charge in [-0.15, -0.1) is 0 Å². The Labute approximate surface area is 93.2 Å². The summed E-state index contributed by atoms with van der Waals surface area (Å²) in [5.41, 5.74) is 0. The van der Waals surface area contributed by atoms with Crippen LogP contribution in [0.5, 0.6) is 0 Å². The molecule has 1 aliphatic heterocycles. The minimum atomic E-state index is 0.642. The normalized spacial score (nSPS) is 18.1. The summed E-state index contributed by atoms with van der Waals surface area (Å²) in [5, 5.41) is 3.58. The Morgan fingerprint density at radius 3 is 2.60 bits per heavy atom. The van der Waals surface area contributed by atoms with E-state index >= 15 is 0 Å². The number of carbonyl (C=O) groups excluding carboxylic acids is 1. The van der Waals surface area contributed by atoms with E-state index in [4.69, 9.17) is 0 Å². The predicted octanol–water partition coefficient (Wildman–Crippen LogP) is 1.78. The summed E-state index contributed by atoms with van der Waals surface area (Å²) < 4.78 is 0. The summed E-state index contributed by atoms with van der Waals surface area (Å²) in [7, 11) is 0. The van der Waals surface area contributed by atoms with Gasteiger partial charge in [0.25, 0.3) is 0 Å². The largest absolute Gasteiger partial charge is 0.345 e. The van der Waals surface area contributed by atoms with Gasteiger partial charge >= 0.3 is 0 Å². The molecule has 0 aromatic rings. The van der Waals surface area contributed by atoms with E-state index in [9.17, 15) is 4.79 Å². The molecule has 0 aromatic carbocycles. The second kappa shape index (κ2) is 7.69. The van der Waals surface area contributed by atoms with Crippen molar-refractivity contribution in [3.05, 3.63) is 0 Å². The van der Waals surface area contributed by atoms with Gasteiger partial charge in [-0.25, -0.2) is 0 Å². The zero-order chi connectivity index (χ0) is 10.9. The number of rotatable bonds is 7. The first-order valence-electron chi connectivity index (χ1n) is 6.29. The summed E-state index contributed by atoms with van der Waals surface area (Å²) in [6, 6.07) is 0.642. The van der Waals surface area contributed by atoms with Crippen LogP contribution in [0.2, 0.25) is 0 Å². The fourth-order valence-corrected chi connectivity index (χ4v) is 2.07. The summed E-state index contributed by atoms with van der Waals surface area (Å²) >= 11 is 0. The molecule has 0 aromatic heterocycles. The molecule has 0 radical (unpaired) electrons. The number of carbonyl (C=O) groups is 1. The van der Waals surface area contributed by atoms with E-state index in [2.05, 4.69) is 12.2 Å². The van der Waals surface area contributed by atoms with Crippen LogP contribution in [0.3, 0.4) is 0 Å². The molecule has 1 saturated heterocycles. The Hall–Kier alpha value is -0.570. The van der Waals surface area contributed by atoms with Gasteiger partial charge in [-0.2, -0.15) is 0 Å². The van der Waals surface area contributed by atoms with Crippen molar-refractivity contribution < 1.29 is 4.79 Å². The Balaban J connectivity index is 1.96. The zero-order valence-corrected chi connectivity index (χ0v) is 9.87. The number of likely N-dealkylation sites (tertiary alicyclic amines) is 1. The van der Waals surface area contributed by atoms with Gasteiger partial charge in [0.15, 0.2) is 0 Å². The lowest BCUT2D eigenvalue weighted by atomic mass is 10.1. The van der Waals surface area contributed by atoms with Crippen LogP contribution < -0.4 is 5.32 Å². The molecule has 0 saturated carbocycles. The first kappa shape index (κ1) is 12.5. The van der Waals surface area contributed by atoms with Crippen molar-refractivity contribution in [1.82, 2.24) is 10.2 Å². The monoisotopic (exact) mass is 212 g/mol. The SMILES string of the molecule is CCCCCCNC1CCN(C=O)CC1. The van der Waals surface area contributed by atoms with Gasteiger partial charge in [0, 0.05) is 19.1 Å². The average Bonchev–Trinajstić information content (AvgIpc) is 2.30. The molecule has 1 aliphatic rings. The van der Waals surface area contributed by atoms with Gasteiger partial charge in [0.2, 0.25) is 6.41 Å². The first-order valence-corrected chi connectivity index (χ1v) is 6.29. The maximum atomic E-state index is 10.5. The molecule has 0 unspecified atom stereocenters. The standard InChI is InChI=1S/C12H24N2O/c1-2-3-4-5-8-13-12-6-9-14(11-15)10-7-12/h11-13H,2-10H2,1H3. The summed E-state index contributed by atoms with van der Waals surface area (Å²) in [4.78, 5) is 12.4. The molecule has 0 aliphatic carbocycles. The molecule has 0 spiro atoms. The van der Waals surface area contributed by atoms with Gasteiger partial charge in [-0.1, -0.05) is 26.2 Å². The van der Waals surface area contributed by atoms with E-state index in [1.165, 1.54) is 25.7 Å². The highest BCUT2D eigenvalue weighted by molar-refractivity contribution is 5.47. The number of amides is 1. The lowest BCUT2D eigenvalue weighted by Gasteiger charge is -2.29. The highest BCUT2D eigenvalue weighted by Gasteiger charge is 2.16. The van der Waals surface area contributed by atoms with Crippen molar-refractivity contribution in [2.45, 2.75) is 51.5 Å². The molecule has 1 N–H and O–H groups in total. The van der Waals surface area contributed by atoms with Gasteiger partial charge < -0.3 is 10.2 Å². The third-order valence-electron chi connectivity index (χ3n) is 3.14. The van der Waals surface area contributed by atoms with Crippen LogP contribution in [-0.2, 0) is 4.79 Å². The summed E-state index contributed by atoms with van der Waals surface area (Å²) in [5.74, 6) is 0. The lowest BCUT2D eigenvalue weighted by molar-refractivity contribution is -0.119. The van der Waals surface area contributed by atoms with Gasteiger partial charge in [-0.3, -0.25) is 4.79 Å². The molecule has 1 rings (SSSR count). The molecule has 1 heterocycles. The molecule has 3 heteroatoms. The van der Waals surface area contributed by atoms with Crippen LogP contribution in [0.4, 0.5) is 0 Å². The second-order valence-corrected chi connectivity index (χ2v) is 4.43. The highest BCUT2D eigenvalue weighted by Crippen LogP contribution is 2.08. The van der Waals surface area contributed by atoms with Crippen LogP contribution in [0.25, 0.3) is 0 Å². The van der Waals surface area contributed by atoms with E-state index < -0.39 is 0 Å². The van der Waals surface area contributed by atoms with Crippen molar-refractivity contribution in [3.63, 3.8) is 0 Å². The first-order chi connectivity index (χ1) is 7.36. The van der Waals surface area contributed by atoms with Crippen molar-refractivity contribution in [3.8, 4) is 0 Å². The number of nitrogens with zero attached hydrogens (tertiary/aromatic N) is 1. The summed E-state index contributed by atoms with van der Waals surface area (Å²) in [6.07, 6.45) is 8.50. The molecular formula is C12H24N2O. The number of hydrogen-bond acceptors (Lipinski definition) is 2. The Morgan fingerprint density at radius 2 is 2.00 bits per heavy atom. The van der Waals surface area contributed by atoms with Crippen molar-refractivity contribution in [2.75, 3.05) is 19.6 Å². The zero-order valence-electron chi connectivity index (χ0n) is 9.87. The number of nitrogens with one attached hydrogen (secondary N) is 1. The fourth-order valence-electron chi connectivity index (χ4n) is 2.07. The highest BCUT2D eigenvalue weighted by atomic mass is 16.1. The van der Waals surface area contributed by atoms with Crippen molar-refractivity contribution in [2.24, 2.45) is 0 Å². The Kier molecular flexibility index (Phi) is 6.41. The number of unbranched alkanes of at least 4 members (excludes halogenated alkanes) is 3. The van der Waals surface area contributed by atoms with Crippen molar-refractivity contribution >= 4 is 6.41 Å². The van der Waals surface area contributed by atoms with E-state index in [1.807, 2.05) is 4.90 Å². The maximum absolute atomic E-state index is 10.5. The van der Waals surface area contributed by atoms with Gasteiger partial charge in [-0.05, 0) is 25.8 Å². The quantitative estimate of drug-likeness (QED) is 0.515. The Bertz CT molecular complexity index is 165. The molecule has 3 nitrogen and oxygen atoms in total. The average molecular weight is 212 g/mol. The van der Waals surface area contributed by atoms with Crippen LogP contribution in [0, 0.1) is 0 Å². The van der Waals surface area contributed by atoms with Gasteiger partial charge in [0.1, 0.15) is 0 Å².